The molecule has 6 aromatic rings. The van der Waals surface area contributed by atoms with Gasteiger partial charge in [-0.2, -0.15) is 9.34 Å². The van der Waals surface area contributed by atoms with Crippen molar-refractivity contribution >= 4 is 66.4 Å². The molecule has 9 heteroatoms. The molecule has 0 saturated carbocycles. The van der Waals surface area contributed by atoms with Gasteiger partial charge in [0.15, 0.2) is 0 Å². The summed E-state index contributed by atoms with van der Waals surface area (Å²) in [5.41, 5.74) is 4.86. The number of halogens is 2. The van der Waals surface area contributed by atoms with Gasteiger partial charge in [-0.3, -0.25) is 0 Å². The molecule has 0 unspecified atom stereocenters. The van der Waals surface area contributed by atoms with E-state index in [0.29, 0.717) is 0 Å². The molecule has 2 fully saturated rings. The van der Waals surface area contributed by atoms with Crippen molar-refractivity contribution < 1.29 is 23.0 Å². The van der Waals surface area contributed by atoms with E-state index in [-0.39, 0.29) is 0 Å². The van der Waals surface area contributed by atoms with E-state index in [4.69, 9.17) is 28.9 Å². The Bertz CT molecular complexity index is 1970. The molecule has 2 aliphatic heterocycles. The minimum atomic E-state index is -1.88. The zero-order chi connectivity index (χ0) is 38.4. The molecule has 1 aliphatic carbocycles. The number of morpholine rings is 2. The van der Waals surface area contributed by atoms with Crippen molar-refractivity contribution in [2.24, 2.45) is 0 Å². The third-order valence-electron chi connectivity index (χ3n) is 9.81. The molecule has 0 aromatic heterocycles. The summed E-state index contributed by atoms with van der Waals surface area (Å²) < 4.78 is 17.3. The van der Waals surface area contributed by atoms with Gasteiger partial charge in [0.25, 0.3) is 0 Å². The predicted molar refractivity (Wildman–Crippen MR) is 241 cm³/mol. The van der Waals surface area contributed by atoms with Gasteiger partial charge in [0.05, 0.1) is 52.6 Å². The Kier molecular flexibility index (Phi) is 15.8. The van der Waals surface area contributed by atoms with Crippen LogP contribution in [0, 0.1) is 0 Å². The average molecular weight is 907 g/mol. The molecule has 0 atom stereocenters. The molecule has 0 spiro atoms. The zero-order valence-corrected chi connectivity index (χ0v) is 36.5. The number of allylic oxidation sites excluding steroid dienone is 1. The smallest absolute Gasteiger partial charge is 0.135 e. The van der Waals surface area contributed by atoms with Crippen LogP contribution in [0.1, 0.15) is 16.7 Å². The quantitative estimate of drug-likeness (QED) is 0.118. The minimum absolute atomic E-state index is 0.847. The van der Waals surface area contributed by atoms with E-state index in [9.17, 15) is 0 Å². The van der Waals surface area contributed by atoms with Crippen LogP contribution in [0.15, 0.2) is 182 Å². The van der Waals surface area contributed by atoms with Crippen molar-refractivity contribution in [3.63, 3.8) is 0 Å². The SMILES string of the molecule is [Cl][Ru]([Cl])=[C]1C=C(c2ccccc2)c2ccccc21.c1ccc([PH+](c2ccccc2)N2CCOCC2)cc1.c1ccc([PH+](c2ccccc2)N2CCOCC2)cc1. The van der Waals surface area contributed by atoms with E-state index in [1.165, 1.54) is 43.5 Å². The summed E-state index contributed by atoms with van der Waals surface area (Å²) in [5.74, 6) is 0. The normalized spacial score (nSPS) is 15.9. The molecule has 3 aliphatic rings. The monoisotopic (exact) mass is 906 g/mol. The second-order valence-corrected chi connectivity index (χ2v) is 24.1. The van der Waals surface area contributed by atoms with Crippen LogP contribution in [0.5, 0.6) is 0 Å². The molecule has 56 heavy (non-hydrogen) atoms. The first-order valence-electron chi connectivity index (χ1n) is 19.0. The fraction of sp³-hybridized carbons (Fsp3) is 0.170. The number of rotatable bonds is 7. The van der Waals surface area contributed by atoms with Crippen molar-refractivity contribution in [1.29, 1.82) is 0 Å². The predicted octanol–water partition coefficient (Wildman–Crippen LogP) is 8.78. The van der Waals surface area contributed by atoms with Crippen LogP contribution in [-0.4, -0.2) is 66.1 Å². The van der Waals surface area contributed by atoms with E-state index in [2.05, 4.69) is 167 Å². The maximum Gasteiger partial charge on any atom is 0.135 e. The van der Waals surface area contributed by atoms with Crippen LogP contribution in [-0.2, 0) is 23.0 Å². The van der Waals surface area contributed by atoms with Crippen molar-refractivity contribution in [3.05, 3.63) is 199 Å². The zero-order valence-electron chi connectivity index (χ0n) is 31.3. The first-order chi connectivity index (χ1) is 27.7. The summed E-state index contributed by atoms with van der Waals surface area (Å²) in [6.07, 6.45) is 2.15. The Hall–Kier alpha value is -3.17. The average Bonchev–Trinajstić information content (AvgIpc) is 3.67. The van der Waals surface area contributed by atoms with E-state index < -0.39 is 29.7 Å². The Morgan fingerprint density at radius 2 is 0.732 bits per heavy atom. The summed E-state index contributed by atoms with van der Waals surface area (Å²) in [5, 5.41) is 5.84. The summed E-state index contributed by atoms with van der Waals surface area (Å²) in [7, 11) is 10.7. The van der Waals surface area contributed by atoms with Crippen LogP contribution in [0.4, 0.5) is 0 Å². The second kappa shape index (κ2) is 21.6. The fourth-order valence-electron chi connectivity index (χ4n) is 7.19. The van der Waals surface area contributed by atoms with E-state index in [0.717, 1.165) is 56.7 Å². The van der Waals surface area contributed by atoms with Crippen LogP contribution >= 0.6 is 35.5 Å². The first-order valence-corrected chi connectivity index (χ1v) is 27.3. The fourth-order valence-corrected chi connectivity index (χ4v) is 15.1. The van der Waals surface area contributed by atoms with Gasteiger partial charge in [-0.25, -0.2) is 0 Å². The summed E-state index contributed by atoms with van der Waals surface area (Å²) in [6.45, 7) is 7.58. The molecule has 0 N–H and O–H groups in total. The summed E-state index contributed by atoms with van der Waals surface area (Å²) in [4.78, 5) is 0. The Labute approximate surface area is 347 Å². The standard InChI is InChI=1S/2C16H18NOP.C15H10.2ClH.Ru/c2*1-3-7-15(8-4-1)19(16-9-5-2-6-10-16)17-11-13-18-14-12-17;1-2-6-12(7-3-1)15-11-10-13-8-4-5-9-14(13)15;;;/h2*1-10H,11-14H2;1-9,11H;2*1H;/q;;;;;+2. The van der Waals surface area contributed by atoms with E-state index in [1.807, 2.05) is 24.3 Å². The van der Waals surface area contributed by atoms with Crippen molar-refractivity contribution in [1.82, 2.24) is 9.34 Å². The molecular weight excluding hydrogens is 858 g/mol. The number of hydrogen-bond donors (Lipinski definition) is 0. The Morgan fingerprint density at radius 3 is 1.09 bits per heavy atom. The Balaban J connectivity index is 0.000000129. The molecule has 288 valence electrons. The molecule has 9 rings (SSSR count). The summed E-state index contributed by atoms with van der Waals surface area (Å²) >= 11 is -1.88. The Morgan fingerprint density at radius 1 is 0.411 bits per heavy atom. The van der Waals surface area contributed by atoms with Crippen LogP contribution in [0.3, 0.4) is 0 Å². The maximum atomic E-state index is 6.19. The van der Waals surface area contributed by atoms with Crippen molar-refractivity contribution in [2.45, 2.75) is 0 Å². The van der Waals surface area contributed by atoms with Gasteiger partial charge in [-0.1, -0.05) is 72.8 Å². The molecule has 2 heterocycles. The van der Waals surface area contributed by atoms with Crippen molar-refractivity contribution in [2.75, 3.05) is 52.6 Å². The van der Waals surface area contributed by atoms with Crippen LogP contribution in [0.2, 0.25) is 0 Å². The van der Waals surface area contributed by atoms with Gasteiger partial charge in [0.2, 0.25) is 0 Å². The number of fused-ring (bicyclic) bond motifs is 1. The van der Waals surface area contributed by atoms with Crippen molar-refractivity contribution in [3.8, 4) is 0 Å². The summed E-state index contributed by atoms with van der Waals surface area (Å²) in [6, 6.07) is 62.3. The minimum Gasteiger partial charge on any atom is -0.379 e. The van der Waals surface area contributed by atoms with Gasteiger partial charge in [0, 0.05) is 0 Å². The molecule has 2 saturated heterocycles. The van der Waals surface area contributed by atoms with Gasteiger partial charge in [-0.05, 0) is 48.5 Å². The number of ether oxygens (including phenoxy) is 2. The molecule has 6 aromatic carbocycles. The topological polar surface area (TPSA) is 24.9 Å². The number of nitrogens with zero attached hydrogens (tertiary/aromatic N) is 2. The van der Waals surface area contributed by atoms with Gasteiger partial charge in [0.1, 0.15) is 37.4 Å². The van der Waals surface area contributed by atoms with Gasteiger partial charge in [-0.15, -0.1) is 0 Å². The van der Waals surface area contributed by atoms with E-state index in [1.54, 1.807) is 0 Å². The molecule has 0 radical (unpaired) electrons. The van der Waals surface area contributed by atoms with Gasteiger partial charge < -0.3 is 9.47 Å². The van der Waals surface area contributed by atoms with Crippen LogP contribution in [0.25, 0.3) is 5.57 Å². The van der Waals surface area contributed by atoms with Crippen LogP contribution < -0.4 is 21.2 Å². The molecular formula is C47H48Cl2N2O2P2Ru+2. The maximum absolute atomic E-state index is 6.19. The number of hydrogen-bond acceptors (Lipinski definition) is 4. The first kappa shape index (κ1) is 41.0. The molecule has 0 amide bonds. The third kappa shape index (κ3) is 10.9. The third-order valence-corrected chi connectivity index (χ3v) is 18.6. The van der Waals surface area contributed by atoms with E-state index >= 15 is 0 Å². The molecule has 4 nitrogen and oxygen atoms in total. The van der Waals surface area contributed by atoms with Gasteiger partial charge >= 0.3 is 120 Å². The largest absolute Gasteiger partial charge is 0.379 e. The molecule has 0 bridgehead atoms. The number of benzene rings is 6. The second-order valence-electron chi connectivity index (χ2n) is 13.3.